The van der Waals surface area contributed by atoms with Gasteiger partial charge in [0.15, 0.2) is 0 Å². The molecule has 0 spiro atoms. The predicted octanol–water partition coefficient (Wildman–Crippen LogP) is 3.64. The van der Waals surface area contributed by atoms with Crippen LogP contribution in [0.25, 0.3) is 0 Å². The van der Waals surface area contributed by atoms with Gasteiger partial charge in [0.1, 0.15) is 0 Å². The summed E-state index contributed by atoms with van der Waals surface area (Å²) in [5, 5.41) is 3.71. The fourth-order valence-electron chi connectivity index (χ4n) is 3.08. The van der Waals surface area contributed by atoms with E-state index >= 15 is 0 Å². The van der Waals surface area contributed by atoms with Gasteiger partial charge >= 0.3 is 0 Å². The number of benzene rings is 2. The summed E-state index contributed by atoms with van der Waals surface area (Å²) < 4.78 is 5.38. The molecule has 1 aliphatic rings. The van der Waals surface area contributed by atoms with Crippen molar-refractivity contribution in [1.82, 2.24) is 4.90 Å². The van der Waals surface area contributed by atoms with Crippen molar-refractivity contribution in [1.29, 1.82) is 0 Å². The van der Waals surface area contributed by atoms with Gasteiger partial charge in [-0.3, -0.25) is 9.69 Å². The molecule has 1 fully saturated rings. The Labute approximate surface area is 165 Å². The van der Waals surface area contributed by atoms with Crippen LogP contribution in [-0.4, -0.2) is 50.2 Å². The number of hydrogen-bond donors (Lipinski definition) is 1. The Kier molecular flexibility index (Phi) is 6.72. The molecular weight excluding hydrogens is 362 g/mol. The molecule has 1 amide bonds. The van der Waals surface area contributed by atoms with E-state index in [1.54, 1.807) is 0 Å². The number of carbonyl (C=O) groups excluding carboxylic acids is 1. The Balaban J connectivity index is 1.55. The minimum Gasteiger partial charge on any atom is -0.378 e. The van der Waals surface area contributed by atoms with Crippen molar-refractivity contribution >= 4 is 28.9 Å². The number of rotatable bonds is 6. The van der Waals surface area contributed by atoms with Crippen LogP contribution in [0.2, 0.25) is 5.02 Å². The summed E-state index contributed by atoms with van der Waals surface area (Å²) in [6.45, 7) is 5.88. The van der Waals surface area contributed by atoms with Gasteiger partial charge in [-0.05, 0) is 55.9 Å². The topological polar surface area (TPSA) is 44.8 Å². The van der Waals surface area contributed by atoms with Crippen molar-refractivity contribution in [3.63, 3.8) is 0 Å². The SMILES string of the molecule is C[C@H](C(=O)Nc1ccc(N2CCOCC2)cc1)N(C)Cc1cccc(Cl)c1. The van der Waals surface area contributed by atoms with Crippen LogP contribution in [-0.2, 0) is 16.1 Å². The molecule has 144 valence electrons. The molecule has 5 nitrogen and oxygen atoms in total. The van der Waals surface area contributed by atoms with E-state index in [0.717, 1.165) is 43.2 Å². The maximum Gasteiger partial charge on any atom is 0.241 e. The standard InChI is InChI=1S/C21H26ClN3O2/c1-16(24(2)15-17-4-3-5-18(22)14-17)21(26)23-19-6-8-20(9-7-19)25-10-12-27-13-11-25/h3-9,14,16H,10-13,15H2,1-2H3,(H,23,26)/t16-/m1/s1. The van der Waals surface area contributed by atoms with Crippen molar-refractivity contribution < 1.29 is 9.53 Å². The number of morpholine rings is 1. The van der Waals surface area contributed by atoms with Crippen LogP contribution in [0.5, 0.6) is 0 Å². The van der Waals surface area contributed by atoms with Crippen molar-refractivity contribution in [2.45, 2.75) is 19.5 Å². The first-order valence-corrected chi connectivity index (χ1v) is 9.59. The first kappa shape index (κ1) is 19.7. The molecule has 27 heavy (non-hydrogen) atoms. The average molecular weight is 388 g/mol. The van der Waals surface area contributed by atoms with Crippen LogP contribution < -0.4 is 10.2 Å². The van der Waals surface area contributed by atoms with Gasteiger partial charge in [0.05, 0.1) is 19.3 Å². The highest BCUT2D eigenvalue weighted by molar-refractivity contribution is 6.30. The van der Waals surface area contributed by atoms with Crippen LogP contribution in [0.1, 0.15) is 12.5 Å². The molecule has 2 aromatic carbocycles. The first-order chi connectivity index (χ1) is 13.0. The Morgan fingerprint density at radius 1 is 1.22 bits per heavy atom. The molecular formula is C21H26ClN3O2. The highest BCUT2D eigenvalue weighted by Gasteiger charge is 2.18. The summed E-state index contributed by atoms with van der Waals surface area (Å²) >= 11 is 6.04. The highest BCUT2D eigenvalue weighted by Crippen LogP contribution is 2.20. The van der Waals surface area contributed by atoms with Gasteiger partial charge in [-0.2, -0.15) is 0 Å². The number of halogens is 1. The second-order valence-corrected chi connectivity index (χ2v) is 7.29. The van der Waals surface area contributed by atoms with Crippen molar-refractivity contribution in [2.24, 2.45) is 0 Å². The molecule has 1 saturated heterocycles. The summed E-state index contributed by atoms with van der Waals surface area (Å²) in [6.07, 6.45) is 0. The quantitative estimate of drug-likeness (QED) is 0.822. The van der Waals surface area contributed by atoms with E-state index in [2.05, 4.69) is 10.2 Å². The molecule has 0 aromatic heterocycles. The van der Waals surface area contributed by atoms with Gasteiger partial charge in [0, 0.05) is 36.0 Å². The maximum absolute atomic E-state index is 12.6. The van der Waals surface area contributed by atoms with Crippen LogP contribution in [0.3, 0.4) is 0 Å². The summed E-state index contributed by atoms with van der Waals surface area (Å²) in [5.41, 5.74) is 3.04. The lowest BCUT2D eigenvalue weighted by Gasteiger charge is -2.29. The summed E-state index contributed by atoms with van der Waals surface area (Å²) in [4.78, 5) is 16.9. The normalized spacial score (nSPS) is 15.6. The molecule has 1 aliphatic heterocycles. The maximum atomic E-state index is 12.6. The lowest BCUT2D eigenvalue weighted by atomic mass is 10.2. The number of hydrogen-bond acceptors (Lipinski definition) is 4. The molecule has 0 bridgehead atoms. The van der Waals surface area contributed by atoms with E-state index in [9.17, 15) is 4.79 Å². The molecule has 0 radical (unpaired) electrons. The Bertz CT molecular complexity index is 760. The third-order valence-corrected chi connectivity index (χ3v) is 5.11. The molecule has 3 rings (SSSR count). The van der Waals surface area contributed by atoms with Crippen LogP contribution in [0.4, 0.5) is 11.4 Å². The summed E-state index contributed by atoms with van der Waals surface area (Å²) in [5.74, 6) is -0.0290. The van der Waals surface area contributed by atoms with Gasteiger partial charge in [0.2, 0.25) is 5.91 Å². The predicted molar refractivity (Wildman–Crippen MR) is 110 cm³/mol. The van der Waals surface area contributed by atoms with Crippen LogP contribution in [0.15, 0.2) is 48.5 Å². The molecule has 1 heterocycles. The second-order valence-electron chi connectivity index (χ2n) is 6.86. The molecule has 2 aromatic rings. The lowest BCUT2D eigenvalue weighted by Crippen LogP contribution is -2.39. The second kappa shape index (κ2) is 9.22. The third kappa shape index (κ3) is 5.45. The lowest BCUT2D eigenvalue weighted by molar-refractivity contribution is -0.120. The van der Waals surface area contributed by atoms with E-state index in [1.165, 1.54) is 0 Å². The highest BCUT2D eigenvalue weighted by atomic mass is 35.5. The zero-order valence-corrected chi connectivity index (χ0v) is 16.6. The number of carbonyl (C=O) groups is 1. The number of likely N-dealkylation sites (N-methyl/N-ethyl adjacent to an activating group) is 1. The smallest absolute Gasteiger partial charge is 0.241 e. The van der Waals surface area contributed by atoms with E-state index in [4.69, 9.17) is 16.3 Å². The van der Waals surface area contributed by atoms with Gasteiger partial charge in [-0.25, -0.2) is 0 Å². The molecule has 1 N–H and O–H groups in total. The number of amides is 1. The zero-order chi connectivity index (χ0) is 19.2. The summed E-state index contributed by atoms with van der Waals surface area (Å²) in [6, 6.07) is 15.4. The van der Waals surface area contributed by atoms with Crippen molar-refractivity contribution in [3.05, 3.63) is 59.1 Å². The van der Waals surface area contributed by atoms with Gasteiger partial charge in [-0.15, -0.1) is 0 Å². The minimum atomic E-state index is -0.261. The Morgan fingerprint density at radius 3 is 2.59 bits per heavy atom. The van der Waals surface area contributed by atoms with Crippen molar-refractivity contribution in [3.8, 4) is 0 Å². The number of nitrogens with one attached hydrogen (secondary N) is 1. The fraction of sp³-hybridized carbons (Fsp3) is 0.381. The number of anilines is 2. The number of ether oxygens (including phenoxy) is 1. The van der Waals surface area contributed by atoms with E-state index < -0.39 is 0 Å². The van der Waals surface area contributed by atoms with Crippen LogP contribution in [0, 0.1) is 0 Å². The number of nitrogens with zero attached hydrogens (tertiary/aromatic N) is 2. The average Bonchev–Trinajstić information content (AvgIpc) is 2.68. The molecule has 0 unspecified atom stereocenters. The van der Waals surface area contributed by atoms with E-state index in [1.807, 2.05) is 67.4 Å². The monoisotopic (exact) mass is 387 g/mol. The van der Waals surface area contributed by atoms with Gasteiger partial charge in [-0.1, -0.05) is 23.7 Å². The molecule has 1 atom stereocenters. The Hall–Kier alpha value is -2.08. The third-order valence-electron chi connectivity index (χ3n) is 4.87. The molecule has 6 heteroatoms. The first-order valence-electron chi connectivity index (χ1n) is 9.21. The fourth-order valence-corrected chi connectivity index (χ4v) is 3.30. The van der Waals surface area contributed by atoms with E-state index in [-0.39, 0.29) is 11.9 Å². The zero-order valence-electron chi connectivity index (χ0n) is 15.8. The molecule has 0 aliphatic carbocycles. The van der Waals surface area contributed by atoms with E-state index in [0.29, 0.717) is 11.6 Å². The van der Waals surface area contributed by atoms with Crippen LogP contribution >= 0.6 is 11.6 Å². The largest absolute Gasteiger partial charge is 0.378 e. The van der Waals surface area contributed by atoms with Gasteiger partial charge in [0.25, 0.3) is 0 Å². The van der Waals surface area contributed by atoms with Gasteiger partial charge < -0.3 is 15.0 Å². The van der Waals surface area contributed by atoms with Crippen molar-refractivity contribution in [2.75, 3.05) is 43.6 Å². The molecule has 0 saturated carbocycles. The summed E-state index contributed by atoms with van der Waals surface area (Å²) in [7, 11) is 1.94. The Morgan fingerprint density at radius 2 is 1.93 bits per heavy atom. The minimum absolute atomic E-state index is 0.0290.